The van der Waals surface area contributed by atoms with E-state index in [1.54, 1.807) is 0 Å². The fraction of sp³-hybridized carbons (Fsp3) is 0.929. The second kappa shape index (κ2) is 4.97. The van der Waals surface area contributed by atoms with Gasteiger partial charge in [0.2, 0.25) is 5.91 Å². The van der Waals surface area contributed by atoms with E-state index >= 15 is 0 Å². The Morgan fingerprint density at radius 1 is 1.47 bits per heavy atom. The Morgan fingerprint density at radius 3 is 2.76 bits per heavy atom. The summed E-state index contributed by atoms with van der Waals surface area (Å²) < 4.78 is 0. The molecule has 3 atom stereocenters. The number of carbonyl (C=O) groups is 1. The summed E-state index contributed by atoms with van der Waals surface area (Å²) in [4.78, 5) is 14.2. The zero-order chi connectivity index (χ0) is 12.5. The van der Waals surface area contributed by atoms with Gasteiger partial charge in [-0.05, 0) is 43.1 Å². The van der Waals surface area contributed by atoms with Crippen molar-refractivity contribution in [3.8, 4) is 0 Å². The van der Waals surface area contributed by atoms with Crippen LogP contribution in [0.25, 0.3) is 0 Å². The van der Waals surface area contributed by atoms with E-state index in [0.29, 0.717) is 18.4 Å². The maximum absolute atomic E-state index is 12.2. The average Bonchev–Trinajstić information content (AvgIpc) is 2.86. The molecule has 1 saturated heterocycles. The number of nitrogens with zero attached hydrogens (tertiary/aromatic N) is 1. The Kier molecular flexibility index (Phi) is 3.76. The first-order valence-corrected chi connectivity index (χ1v) is 7.00. The molecule has 2 fully saturated rings. The van der Waals surface area contributed by atoms with Crippen molar-refractivity contribution in [3.63, 3.8) is 0 Å². The number of rotatable bonds is 3. The van der Waals surface area contributed by atoms with Gasteiger partial charge in [-0.25, -0.2) is 0 Å². The number of nitrogens with two attached hydrogens (primary N) is 1. The molecule has 17 heavy (non-hydrogen) atoms. The molecule has 0 radical (unpaired) electrons. The largest absolute Gasteiger partial charge is 0.342 e. The summed E-state index contributed by atoms with van der Waals surface area (Å²) in [7, 11) is 0. The predicted molar refractivity (Wildman–Crippen MR) is 69.5 cm³/mol. The van der Waals surface area contributed by atoms with Crippen molar-refractivity contribution in [1.82, 2.24) is 4.90 Å². The van der Waals surface area contributed by atoms with Gasteiger partial charge in [-0.15, -0.1) is 0 Å². The first-order chi connectivity index (χ1) is 8.02. The summed E-state index contributed by atoms with van der Waals surface area (Å²) in [6.07, 6.45) is 5.63. The SMILES string of the molecule is CC1CCC(CC(=O)N2CCC(C)(CN)C2)C1. The molecule has 0 aromatic carbocycles. The first-order valence-electron chi connectivity index (χ1n) is 7.00. The molecule has 98 valence electrons. The van der Waals surface area contributed by atoms with E-state index < -0.39 is 0 Å². The minimum Gasteiger partial charge on any atom is -0.342 e. The van der Waals surface area contributed by atoms with Crippen LogP contribution < -0.4 is 5.73 Å². The lowest BCUT2D eigenvalue weighted by Gasteiger charge is -2.23. The van der Waals surface area contributed by atoms with Gasteiger partial charge < -0.3 is 10.6 Å². The molecule has 0 aromatic heterocycles. The summed E-state index contributed by atoms with van der Waals surface area (Å²) >= 11 is 0. The van der Waals surface area contributed by atoms with Gasteiger partial charge in [-0.2, -0.15) is 0 Å². The maximum Gasteiger partial charge on any atom is 0.222 e. The Balaban J connectivity index is 1.81. The molecular formula is C14H26N2O. The van der Waals surface area contributed by atoms with Crippen LogP contribution in [0.3, 0.4) is 0 Å². The van der Waals surface area contributed by atoms with Gasteiger partial charge in [0.1, 0.15) is 0 Å². The van der Waals surface area contributed by atoms with Gasteiger partial charge in [0.15, 0.2) is 0 Å². The molecule has 3 nitrogen and oxygen atoms in total. The molecule has 0 spiro atoms. The zero-order valence-corrected chi connectivity index (χ0v) is 11.2. The van der Waals surface area contributed by atoms with Crippen molar-refractivity contribution in [3.05, 3.63) is 0 Å². The van der Waals surface area contributed by atoms with E-state index in [9.17, 15) is 4.79 Å². The molecular weight excluding hydrogens is 212 g/mol. The summed E-state index contributed by atoms with van der Waals surface area (Å²) in [6.45, 7) is 6.96. The van der Waals surface area contributed by atoms with Crippen molar-refractivity contribution in [2.24, 2.45) is 23.0 Å². The van der Waals surface area contributed by atoms with Crippen molar-refractivity contribution in [2.75, 3.05) is 19.6 Å². The van der Waals surface area contributed by atoms with Crippen LogP contribution >= 0.6 is 0 Å². The fourth-order valence-electron chi connectivity index (χ4n) is 3.29. The van der Waals surface area contributed by atoms with Crippen LogP contribution in [0, 0.1) is 17.3 Å². The number of amides is 1. The molecule has 1 heterocycles. The average molecular weight is 238 g/mol. The first kappa shape index (κ1) is 12.9. The van der Waals surface area contributed by atoms with Crippen LogP contribution in [0.1, 0.15) is 46.0 Å². The Labute approximate surface area is 105 Å². The summed E-state index contributed by atoms with van der Waals surface area (Å²) in [5.74, 6) is 1.82. The monoisotopic (exact) mass is 238 g/mol. The summed E-state index contributed by atoms with van der Waals surface area (Å²) in [6, 6.07) is 0. The third-order valence-corrected chi connectivity index (χ3v) is 4.67. The molecule has 1 amide bonds. The Morgan fingerprint density at radius 2 is 2.24 bits per heavy atom. The lowest BCUT2D eigenvalue weighted by atomic mass is 9.90. The summed E-state index contributed by atoms with van der Waals surface area (Å²) in [5.41, 5.74) is 5.94. The number of hydrogen-bond donors (Lipinski definition) is 1. The quantitative estimate of drug-likeness (QED) is 0.817. The van der Waals surface area contributed by atoms with Crippen molar-refractivity contribution < 1.29 is 4.79 Å². The Hall–Kier alpha value is -0.570. The summed E-state index contributed by atoms with van der Waals surface area (Å²) in [5, 5.41) is 0. The predicted octanol–water partition coefficient (Wildman–Crippen LogP) is 2.01. The van der Waals surface area contributed by atoms with Gasteiger partial charge in [0, 0.05) is 19.5 Å². The topological polar surface area (TPSA) is 46.3 Å². The van der Waals surface area contributed by atoms with E-state index in [-0.39, 0.29) is 5.41 Å². The molecule has 1 saturated carbocycles. The molecule has 1 aliphatic carbocycles. The van der Waals surface area contributed by atoms with E-state index in [4.69, 9.17) is 5.73 Å². The van der Waals surface area contributed by atoms with Crippen LogP contribution in [-0.2, 0) is 4.79 Å². The molecule has 3 heteroatoms. The van der Waals surface area contributed by atoms with Crippen LogP contribution in [0.2, 0.25) is 0 Å². The normalized spacial score (nSPS) is 37.7. The fourth-order valence-corrected chi connectivity index (χ4v) is 3.29. The molecule has 0 bridgehead atoms. The third kappa shape index (κ3) is 3.01. The molecule has 3 unspecified atom stereocenters. The zero-order valence-electron chi connectivity index (χ0n) is 11.2. The highest BCUT2D eigenvalue weighted by atomic mass is 16.2. The highest BCUT2D eigenvalue weighted by Gasteiger charge is 2.35. The number of carbonyl (C=O) groups excluding carboxylic acids is 1. The second-order valence-electron chi connectivity index (χ2n) is 6.57. The van der Waals surface area contributed by atoms with Crippen LogP contribution in [-0.4, -0.2) is 30.4 Å². The minimum atomic E-state index is 0.165. The van der Waals surface area contributed by atoms with E-state index in [1.807, 2.05) is 4.90 Å². The molecule has 0 aromatic rings. The minimum absolute atomic E-state index is 0.165. The van der Waals surface area contributed by atoms with Crippen LogP contribution in [0.5, 0.6) is 0 Å². The van der Waals surface area contributed by atoms with Gasteiger partial charge in [-0.3, -0.25) is 4.79 Å². The smallest absolute Gasteiger partial charge is 0.222 e. The molecule has 2 rings (SSSR count). The Bertz CT molecular complexity index is 292. The van der Waals surface area contributed by atoms with Gasteiger partial charge >= 0.3 is 0 Å². The van der Waals surface area contributed by atoms with E-state index in [2.05, 4.69) is 13.8 Å². The second-order valence-corrected chi connectivity index (χ2v) is 6.57. The van der Waals surface area contributed by atoms with E-state index in [0.717, 1.165) is 31.8 Å². The lowest BCUT2D eigenvalue weighted by Crippen LogP contribution is -2.35. The number of likely N-dealkylation sites (tertiary alicyclic amines) is 1. The number of hydrogen-bond acceptors (Lipinski definition) is 2. The molecule has 2 aliphatic rings. The van der Waals surface area contributed by atoms with Crippen molar-refractivity contribution >= 4 is 5.91 Å². The highest BCUT2D eigenvalue weighted by molar-refractivity contribution is 5.76. The van der Waals surface area contributed by atoms with Gasteiger partial charge in [0.05, 0.1) is 0 Å². The van der Waals surface area contributed by atoms with Crippen LogP contribution in [0.4, 0.5) is 0 Å². The highest BCUT2D eigenvalue weighted by Crippen LogP contribution is 2.34. The standard InChI is InChI=1S/C14H26N2O/c1-11-3-4-12(7-11)8-13(17)16-6-5-14(2,9-15)10-16/h11-12H,3-10,15H2,1-2H3. The lowest BCUT2D eigenvalue weighted by molar-refractivity contribution is -0.131. The maximum atomic E-state index is 12.2. The molecule has 2 N–H and O–H groups in total. The van der Waals surface area contributed by atoms with E-state index in [1.165, 1.54) is 19.3 Å². The third-order valence-electron chi connectivity index (χ3n) is 4.67. The van der Waals surface area contributed by atoms with Crippen molar-refractivity contribution in [1.29, 1.82) is 0 Å². The van der Waals surface area contributed by atoms with Crippen LogP contribution in [0.15, 0.2) is 0 Å². The van der Waals surface area contributed by atoms with Gasteiger partial charge in [-0.1, -0.05) is 20.3 Å². The van der Waals surface area contributed by atoms with Crippen molar-refractivity contribution in [2.45, 2.75) is 46.0 Å². The van der Waals surface area contributed by atoms with Gasteiger partial charge in [0.25, 0.3) is 0 Å². The molecule has 1 aliphatic heterocycles.